The molecule has 3 atom stereocenters. The van der Waals surface area contributed by atoms with E-state index in [0.29, 0.717) is 19.3 Å². The number of amides is 1. The molecule has 0 saturated carbocycles. The van der Waals surface area contributed by atoms with E-state index in [2.05, 4.69) is 38.2 Å². The van der Waals surface area contributed by atoms with Gasteiger partial charge in [0.15, 0.2) is 0 Å². The lowest BCUT2D eigenvalue weighted by molar-refractivity contribution is -0.151. The van der Waals surface area contributed by atoms with Gasteiger partial charge in [0.05, 0.1) is 25.2 Å². The SMILES string of the molecule is CC/C=C/C=C/C=C\C=C/CCCC(CC(=O)NC(CO)C(O)CCCCCCCCCCCC)OC(=O)CCCCCCCCCCC. The minimum Gasteiger partial charge on any atom is -0.462 e. The van der Waals surface area contributed by atoms with Crippen LogP contribution in [0, 0.1) is 0 Å². The monoisotopic (exact) mass is 688 g/mol. The zero-order valence-electron chi connectivity index (χ0n) is 32.1. The van der Waals surface area contributed by atoms with Crippen molar-refractivity contribution in [3.8, 4) is 0 Å². The van der Waals surface area contributed by atoms with E-state index in [4.69, 9.17) is 4.74 Å². The molecule has 0 bridgehead atoms. The van der Waals surface area contributed by atoms with Gasteiger partial charge in [0.25, 0.3) is 0 Å². The van der Waals surface area contributed by atoms with Crippen molar-refractivity contribution in [3.05, 3.63) is 48.6 Å². The highest BCUT2D eigenvalue weighted by Crippen LogP contribution is 2.16. The number of esters is 1. The summed E-state index contributed by atoms with van der Waals surface area (Å²) in [6.07, 6.45) is 41.8. The van der Waals surface area contributed by atoms with Gasteiger partial charge in [-0.05, 0) is 38.5 Å². The molecule has 0 saturated heterocycles. The predicted octanol–water partition coefficient (Wildman–Crippen LogP) is 11.2. The van der Waals surface area contributed by atoms with E-state index in [1.165, 1.54) is 83.5 Å². The van der Waals surface area contributed by atoms with E-state index in [9.17, 15) is 19.8 Å². The normalized spacial score (nSPS) is 14.0. The number of allylic oxidation sites excluding steroid dienone is 8. The second-order valence-corrected chi connectivity index (χ2v) is 13.8. The summed E-state index contributed by atoms with van der Waals surface area (Å²) in [6, 6.07) is -0.717. The molecule has 0 aromatic carbocycles. The molecule has 0 aromatic rings. The summed E-state index contributed by atoms with van der Waals surface area (Å²) in [5.41, 5.74) is 0. The molecule has 0 spiro atoms. The Kier molecular flexibility index (Phi) is 35.4. The Morgan fingerprint density at radius 3 is 1.63 bits per heavy atom. The summed E-state index contributed by atoms with van der Waals surface area (Å²) in [7, 11) is 0. The van der Waals surface area contributed by atoms with E-state index in [1.807, 2.05) is 36.5 Å². The first-order chi connectivity index (χ1) is 24.0. The first-order valence-electron chi connectivity index (χ1n) is 20.4. The van der Waals surface area contributed by atoms with Gasteiger partial charge in [-0.25, -0.2) is 0 Å². The van der Waals surface area contributed by atoms with Crippen LogP contribution in [0.2, 0.25) is 0 Å². The van der Waals surface area contributed by atoms with Gasteiger partial charge in [0.2, 0.25) is 5.91 Å². The number of hydrogen-bond donors (Lipinski definition) is 3. The molecule has 49 heavy (non-hydrogen) atoms. The van der Waals surface area contributed by atoms with Crippen molar-refractivity contribution >= 4 is 11.9 Å². The average Bonchev–Trinajstić information content (AvgIpc) is 3.09. The van der Waals surface area contributed by atoms with Crippen LogP contribution in [0.1, 0.15) is 188 Å². The fourth-order valence-electron chi connectivity index (χ4n) is 5.91. The minimum absolute atomic E-state index is 0.0324. The molecule has 284 valence electrons. The van der Waals surface area contributed by atoms with Crippen molar-refractivity contribution in [2.24, 2.45) is 0 Å². The number of nitrogens with one attached hydrogen (secondary N) is 1. The van der Waals surface area contributed by atoms with Gasteiger partial charge in [-0.1, -0.05) is 185 Å². The summed E-state index contributed by atoms with van der Waals surface area (Å²) in [5, 5.41) is 23.5. The molecule has 6 nitrogen and oxygen atoms in total. The maximum Gasteiger partial charge on any atom is 0.306 e. The number of aliphatic hydroxyl groups excluding tert-OH is 2. The summed E-state index contributed by atoms with van der Waals surface area (Å²) < 4.78 is 5.82. The Morgan fingerprint density at radius 1 is 0.612 bits per heavy atom. The third-order valence-corrected chi connectivity index (χ3v) is 9.02. The summed E-state index contributed by atoms with van der Waals surface area (Å²) in [4.78, 5) is 25.8. The summed E-state index contributed by atoms with van der Waals surface area (Å²) in [5.74, 6) is -0.549. The van der Waals surface area contributed by atoms with Crippen LogP contribution in [0.25, 0.3) is 0 Å². The van der Waals surface area contributed by atoms with Crippen molar-refractivity contribution in [3.63, 3.8) is 0 Å². The van der Waals surface area contributed by atoms with Gasteiger partial charge in [0.1, 0.15) is 6.10 Å². The maximum atomic E-state index is 13.0. The van der Waals surface area contributed by atoms with Gasteiger partial charge in [-0.15, -0.1) is 0 Å². The van der Waals surface area contributed by atoms with E-state index in [-0.39, 0.29) is 24.9 Å². The van der Waals surface area contributed by atoms with Gasteiger partial charge < -0.3 is 20.3 Å². The Morgan fingerprint density at radius 2 is 1.10 bits per heavy atom. The second kappa shape index (κ2) is 37.1. The van der Waals surface area contributed by atoms with Crippen LogP contribution in [0.3, 0.4) is 0 Å². The Labute approximate surface area is 302 Å². The van der Waals surface area contributed by atoms with Crippen molar-refractivity contribution < 1.29 is 24.5 Å². The molecule has 3 N–H and O–H groups in total. The maximum absolute atomic E-state index is 13.0. The van der Waals surface area contributed by atoms with Crippen molar-refractivity contribution in [1.29, 1.82) is 0 Å². The lowest BCUT2D eigenvalue weighted by Crippen LogP contribution is -2.46. The molecule has 0 heterocycles. The standard InChI is InChI=1S/C43H77NO5/c1-4-7-10-13-16-19-21-23-25-28-31-34-39(49-43(48)36-33-30-27-22-18-15-12-9-6-3)37-42(47)44-40(38-45)41(46)35-32-29-26-24-20-17-14-11-8-5-2/h7,10,13,16,19,21,23,25,39-41,45-46H,4-6,8-9,11-12,14-15,17-18,20,22,24,26-38H2,1-3H3,(H,44,47)/b10-7+,16-13+,21-19-,25-23-. The average molecular weight is 688 g/mol. The van der Waals surface area contributed by atoms with Crippen LogP contribution >= 0.6 is 0 Å². The molecular formula is C43H77NO5. The third kappa shape index (κ3) is 32.8. The lowest BCUT2D eigenvalue weighted by Gasteiger charge is -2.24. The van der Waals surface area contributed by atoms with E-state index < -0.39 is 18.2 Å². The van der Waals surface area contributed by atoms with E-state index in [0.717, 1.165) is 57.8 Å². The highest BCUT2D eigenvalue weighted by molar-refractivity contribution is 5.77. The van der Waals surface area contributed by atoms with E-state index >= 15 is 0 Å². The van der Waals surface area contributed by atoms with Crippen LogP contribution in [-0.2, 0) is 14.3 Å². The van der Waals surface area contributed by atoms with E-state index in [1.54, 1.807) is 0 Å². The van der Waals surface area contributed by atoms with Crippen LogP contribution in [0.5, 0.6) is 0 Å². The zero-order chi connectivity index (χ0) is 36.0. The minimum atomic E-state index is -0.800. The van der Waals surface area contributed by atoms with Gasteiger partial charge in [0, 0.05) is 6.42 Å². The van der Waals surface area contributed by atoms with Crippen molar-refractivity contribution in [2.75, 3.05) is 6.61 Å². The van der Waals surface area contributed by atoms with Crippen LogP contribution in [-0.4, -0.2) is 46.9 Å². The van der Waals surface area contributed by atoms with Crippen molar-refractivity contribution in [2.45, 2.75) is 206 Å². The highest BCUT2D eigenvalue weighted by Gasteiger charge is 2.23. The Balaban J connectivity index is 4.72. The van der Waals surface area contributed by atoms with Gasteiger partial charge in [-0.3, -0.25) is 9.59 Å². The molecule has 0 aromatic heterocycles. The molecule has 0 aliphatic rings. The smallest absolute Gasteiger partial charge is 0.306 e. The fourth-order valence-corrected chi connectivity index (χ4v) is 5.91. The highest BCUT2D eigenvalue weighted by atomic mass is 16.5. The number of carbonyl (C=O) groups is 2. The summed E-state index contributed by atoms with van der Waals surface area (Å²) >= 11 is 0. The lowest BCUT2D eigenvalue weighted by atomic mass is 10.0. The number of rotatable bonds is 35. The second-order valence-electron chi connectivity index (χ2n) is 13.8. The topological polar surface area (TPSA) is 95.9 Å². The molecule has 3 unspecified atom stereocenters. The molecule has 6 heteroatoms. The van der Waals surface area contributed by atoms with Gasteiger partial charge in [-0.2, -0.15) is 0 Å². The molecular weight excluding hydrogens is 610 g/mol. The number of hydrogen-bond acceptors (Lipinski definition) is 5. The Bertz CT molecular complexity index is 864. The van der Waals surface area contributed by atoms with Crippen LogP contribution in [0.15, 0.2) is 48.6 Å². The Hall–Kier alpha value is -2.18. The molecule has 0 rings (SSSR count). The molecule has 0 aliphatic heterocycles. The van der Waals surface area contributed by atoms with Gasteiger partial charge >= 0.3 is 5.97 Å². The quantitative estimate of drug-likeness (QED) is 0.0350. The zero-order valence-corrected chi connectivity index (χ0v) is 32.1. The summed E-state index contributed by atoms with van der Waals surface area (Å²) in [6.45, 7) is 6.25. The number of unbranched alkanes of at least 4 members (excludes halogenated alkanes) is 18. The largest absolute Gasteiger partial charge is 0.462 e. The number of carbonyl (C=O) groups excluding carboxylic acids is 2. The third-order valence-electron chi connectivity index (χ3n) is 9.02. The fraction of sp³-hybridized carbons (Fsp3) is 0.767. The van der Waals surface area contributed by atoms with Crippen LogP contribution < -0.4 is 5.32 Å². The molecule has 0 radical (unpaired) electrons. The number of ether oxygens (including phenoxy) is 1. The first kappa shape index (κ1) is 46.8. The molecule has 1 amide bonds. The molecule has 0 aliphatic carbocycles. The van der Waals surface area contributed by atoms with Crippen molar-refractivity contribution in [1.82, 2.24) is 5.32 Å². The number of aliphatic hydroxyl groups is 2. The predicted molar refractivity (Wildman–Crippen MR) is 209 cm³/mol. The first-order valence-corrected chi connectivity index (χ1v) is 20.4. The molecule has 0 fully saturated rings. The van der Waals surface area contributed by atoms with Crippen LogP contribution in [0.4, 0.5) is 0 Å².